The van der Waals surface area contributed by atoms with Gasteiger partial charge in [-0.2, -0.15) is 14.4 Å². The topological polar surface area (TPSA) is 131 Å². The van der Waals surface area contributed by atoms with Gasteiger partial charge in [0.15, 0.2) is 22.6 Å². The average Bonchev–Trinajstić information content (AvgIpc) is 3.64. The predicted molar refractivity (Wildman–Crippen MR) is 127 cm³/mol. The zero-order chi connectivity index (χ0) is 25.4. The van der Waals surface area contributed by atoms with E-state index in [9.17, 15) is 14.0 Å². The van der Waals surface area contributed by atoms with E-state index < -0.39 is 24.0 Å². The number of hydrogen-bond acceptors (Lipinski definition) is 9. The molecule has 3 heterocycles. The first kappa shape index (κ1) is 24.6. The molecule has 0 amide bonds. The molecule has 0 radical (unpaired) electrons. The maximum Gasteiger partial charge on any atom is 0.312 e. The first-order valence-electron chi connectivity index (χ1n) is 12.6. The number of esters is 2. The Morgan fingerprint density at radius 2 is 1.81 bits per heavy atom. The van der Waals surface area contributed by atoms with Crippen LogP contribution in [0, 0.1) is 17.9 Å². The van der Waals surface area contributed by atoms with Gasteiger partial charge in [0.1, 0.15) is 18.9 Å². The molecular formula is C25H32FN5O5. The summed E-state index contributed by atoms with van der Waals surface area (Å²) >= 11 is 0. The van der Waals surface area contributed by atoms with Crippen molar-refractivity contribution in [3.8, 4) is 0 Å². The van der Waals surface area contributed by atoms with Crippen molar-refractivity contribution in [1.82, 2.24) is 19.5 Å². The Kier molecular flexibility index (Phi) is 6.67. The average molecular weight is 502 g/mol. The number of anilines is 1. The van der Waals surface area contributed by atoms with Crippen LogP contribution < -0.4 is 5.73 Å². The van der Waals surface area contributed by atoms with E-state index >= 15 is 0 Å². The minimum atomic E-state index is -1.28. The summed E-state index contributed by atoms with van der Waals surface area (Å²) in [5.41, 5.74) is 5.50. The van der Waals surface area contributed by atoms with Crippen molar-refractivity contribution in [1.29, 1.82) is 0 Å². The summed E-state index contributed by atoms with van der Waals surface area (Å²) in [6.07, 6.45) is 6.30. The van der Waals surface area contributed by atoms with E-state index in [0.717, 1.165) is 51.4 Å². The van der Waals surface area contributed by atoms with E-state index in [1.165, 1.54) is 10.9 Å². The van der Waals surface area contributed by atoms with E-state index in [1.54, 1.807) is 6.92 Å². The molecule has 0 bridgehead atoms. The molecule has 11 heteroatoms. The van der Waals surface area contributed by atoms with Gasteiger partial charge in [-0.3, -0.25) is 14.2 Å². The summed E-state index contributed by atoms with van der Waals surface area (Å²) in [7, 11) is 0. The molecule has 3 atom stereocenters. The molecule has 0 spiro atoms. The van der Waals surface area contributed by atoms with Gasteiger partial charge in [-0.25, -0.2) is 4.98 Å². The number of fused-ring (bicyclic) bond motifs is 1. The SMILES string of the molecule is C=C(C)[C@]1(COC(=O)C2CCCC2)O[C@@H](n2cnc3c(N)nc(F)nc32)C[C@@H]1OC(=O)C1CCCC1. The normalized spacial score (nSPS) is 27.1. The fourth-order valence-electron chi connectivity index (χ4n) is 5.66. The lowest BCUT2D eigenvalue weighted by Crippen LogP contribution is -2.48. The zero-order valence-corrected chi connectivity index (χ0v) is 20.5. The number of nitrogens with zero attached hydrogens (tertiary/aromatic N) is 4. The quantitative estimate of drug-likeness (QED) is 0.343. The molecule has 3 aliphatic rings. The molecular weight excluding hydrogens is 469 g/mol. The van der Waals surface area contributed by atoms with Gasteiger partial charge in [0.25, 0.3) is 0 Å². The lowest BCUT2D eigenvalue weighted by Gasteiger charge is -2.34. The number of imidazole rings is 1. The largest absolute Gasteiger partial charge is 0.462 e. The fourth-order valence-corrected chi connectivity index (χ4v) is 5.66. The van der Waals surface area contributed by atoms with Crippen molar-refractivity contribution in [3.05, 3.63) is 24.6 Å². The lowest BCUT2D eigenvalue weighted by molar-refractivity contribution is -0.174. The highest BCUT2D eigenvalue weighted by atomic mass is 19.1. The van der Waals surface area contributed by atoms with E-state index in [2.05, 4.69) is 21.5 Å². The second-order valence-corrected chi connectivity index (χ2v) is 10.2. The molecule has 0 unspecified atom stereocenters. The second-order valence-electron chi connectivity index (χ2n) is 10.2. The van der Waals surface area contributed by atoms with Gasteiger partial charge in [-0.15, -0.1) is 0 Å². The van der Waals surface area contributed by atoms with Crippen LogP contribution >= 0.6 is 0 Å². The maximum absolute atomic E-state index is 14.0. The molecule has 2 N–H and O–H groups in total. The monoisotopic (exact) mass is 501 g/mol. The molecule has 3 fully saturated rings. The molecule has 5 rings (SSSR count). The summed E-state index contributed by atoms with van der Waals surface area (Å²) in [5, 5.41) is 0. The number of aromatic nitrogens is 4. The van der Waals surface area contributed by atoms with Crippen molar-refractivity contribution >= 4 is 28.9 Å². The van der Waals surface area contributed by atoms with Crippen LogP contribution in [-0.2, 0) is 23.8 Å². The third-order valence-corrected chi connectivity index (χ3v) is 7.80. The van der Waals surface area contributed by atoms with E-state index in [4.69, 9.17) is 19.9 Å². The lowest BCUT2D eigenvalue weighted by atomic mass is 9.90. The Labute approximate surface area is 208 Å². The summed E-state index contributed by atoms with van der Waals surface area (Å²) in [6.45, 7) is 5.72. The number of rotatable bonds is 7. The van der Waals surface area contributed by atoms with Gasteiger partial charge < -0.3 is 19.9 Å². The van der Waals surface area contributed by atoms with Crippen LogP contribution in [0.2, 0.25) is 0 Å². The number of carbonyl (C=O) groups excluding carboxylic acids is 2. The second kappa shape index (κ2) is 9.76. The van der Waals surface area contributed by atoms with Crippen molar-refractivity contribution in [2.75, 3.05) is 12.3 Å². The van der Waals surface area contributed by atoms with E-state index in [1.807, 2.05) is 0 Å². The first-order valence-corrected chi connectivity index (χ1v) is 12.6. The maximum atomic E-state index is 14.0. The van der Waals surface area contributed by atoms with Crippen LogP contribution in [0.1, 0.15) is 70.9 Å². The van der Waals surface area contributed by atoms with Gasteiger partial charge >= 0.3 is 18.0 Å². The van der Waals surface area contributed by atoms with Crippen molar-refractivity contribution in [2.45, 2.75) is 82.6 Å². The number of hydrogen-bond donors (Lipinski definition) is 1. The summed E-state index contributed by atoms with van der Waals surface area (Å²) in [6, 6.07) is 0. The highest BCUT2D eigenvalue weighted by Crippen LogP contribution is 2.45. The Morgan fingerprint density at radius 3 is 2.44 bits per heavy atom. The number of carbonyl (C=O) groups is 2. The Balaban J connectivity index is 1.45. The summed E-state index contributed by atoms with van der Waals surface area (Å²) in [5.74, 6) is -0.956. The Hall–Kier alpha value is -3.08. The van der Waals surface area contributed by atoms with Crippen LogP contribution in [-0.4, -0.2) is 49.8 Å². The number of nitrogen functional groups attached to an aromatic ring is 1. The highest BCUT2D eigenvalue weighted by molar-refractivity contribution is 5.81. The minimum absolute atomic E-state index is 0.0879. The van der Waals surface area contributed by atoms with Crippen LogP contribution in [0.15, 0.2) is 18.5 Å². The molecule has 1 aliphatic heterocycles. The van der Waals surface area contributed by atoms with Gasteiger partial charge in [-0.05, 0) is 38.2 Å². The van der Waals surface area contributed by atoms with Crippen LogP contribution in [0.25, 0.3) is 11.2 Å². The number of nitrogens with two attached hydrogens (primary N) is 1. The van der Waals surface area contributed by atoms with Gasteiger partial charge in [0.2, 0.25) is 0 Å². The smallest absolute Gasteiger partial charge is 0.312 e. The summed E-state index contributed by atoms with van der Waals surface area (Å²) in [4.78, 5) is 37.4. The zero-order valence-electron chi connectivity index (χ0n) is 20.5. The molecule has 1 saturated heterocycles. The predicted octanol–water partition coefficient (Wildman–Crippen LogP) is 3.62. The van der Waals surface area contributed by atoms with Crippen LogP contribution in [0.4, 0.5) is 10.2 Å². The van der Waals surface area contributed by atoms with Crippen molar-refractivity contribution < 1.29 is 28.2 Å². The number of ether oxygens (including phenoxy) is 3. The molecule has 2 aromatic heterocycles. The molecule has 2 aromatic rings. The standard InChI is InChI=1S/C25H32FN5O5/c1-14(2)25(12-34-22(32)15-7-3-4-8-15)17(35-23(33)16-9-5-6-10-16)11-18(36-25)31-13-28-19-20(27)29-24(26)30-21(19)31/h13,15-18H,1,3-12H2,2H3,(H2,27,29,30)/t17-,18+,25-/m0/s1. The minimum Gasteiger partial charge on any atom is -0.462 e. The summed E-state index contributed by atoms with van der Waals surface area (Å²) < 4.78 is 33.8. The van der Waals surface area contributed by atoms with Gasteiger partial charge in [0, 0.05) is 6.42 Å². The van der Waals surface area contributed by atoms with Crippen LogP contribution in [0.3, 0.4) is 0 Å². The van der Waals surface area contributed by atoms with E-state index in [0.29, 0.717) is 5.57 Å². The van der Waals surface area contributed by atoms with Crippen molar-refractivity contribution in [3.63, 3.8) is 0 Å². The third kappa shape index (κ3) is 4.44. The first-order chi connectivity index (χ1) is 17.3. The van der Waals surface area contributed by atoms with E-state index in [-0.39, 0.29) is 53.8 Å². The molecule has 194 valence electrons. The highest BCUT2D eigenvalue weighted by Gasteiger charge is 2.54. The van der Waals surface area contributed by atoms with Gasteiger partial charge in [-0.1, -0.05) is 32.3 Å². The molecule has 0 aromatic carbocycles. The fraction of sp³-hybridized carbons (Fsp3) is 0.640. The van der Waals surface area contributed by atoms with Crippen molar-refractivity contribution in [2.24, 2.45) is 11.8 Å². The molecule has 2 saturated carbocycles. The third-order valence-electron chi connectivity index (χ3n) is 7.80. The van der Waals surface area contributed by atoms with Gasteiger partial charge in [0.05, 0.1) is 18.2 Å². The molecule has 10 nitrogen and oxygen atoms in total. The Bertz CT molecular complexity index is 1170. The molecule has 2 aliphatic carbocycles. The number of halogens is 1. The Morgan fingerprint density at radius 1 is 1.17 bits per heavy atom. The van der Waals surface area contributed by atoms with Crippen LogP contribution in [0.5, 0.6) is 0 Å². The molecule has 36 heavy (non-hydrogen) atoms.